The molecule has 0 fully saturated rings. The maximum atomic E-state index is 8.87. The Balaban J connectivity index is 2.33. The monoisotopic (exact) mass is 345 g/mol. The number of hydrogen-bond acceptors (Lipinski definition) is 0. The number of pyridine rings is 1. The summed E-state index contributed by atoms with van der Waals surface area (Å²) in [6, 6.07) is 12.0. The zero-order chi connectivity index (χ0) is 19.9. The maximum Gasteiger partial charge on any atom is 0.221 e. The molecule has 0 unspecified atom stereocenters. The summed E-state index contributed by atoms with van der Waals surface area (Å²) in [4.78, 5) is 0. The van der Waals surface area contributed by atoms with Gasteiger partial charge < -0.3 is 0 Å². The predicted molar refractivity (Wildman–Crippen MR) is 111 cm³/mol. The molecule has 3 aromatic rings. The minimum atomic E-state index is -0.0947. The van der Waals surface area contributed by atoms with Crippen LogP contribution in [0.5, 0.6) is 0 Å². The standard InChI is InChI=1S/C25H30N/c1-15-10-9-11-19-21(15)23-22-17(12-16(2)26(23)8)13-18(24(3,4)5)14-20(22)25(19,6)7/h9-14H,1-8H3/q+1/i12D. The van der Waals surface area contributed by atoms with Gasteiger partial charge in [0.05, 0.1) is 12.3 Å². The molecule has 0 N–H and O–H groups in total. The quantitative estimate of drug-likeness (QED) is 0.448. The Kier molecular flexibility index (Phi) is 3.20. The van der Waals surface area contributed by atoms with Crippen molar-refractivity contribution in [3.05, 3.63) is 64.3 Å². The molecule has 2 aromatic carbocycles. The van der Waals surface area contributed by atoms with E-state index in [1.165, 1.54) is 38.9 Å². The number of nitrogens with zero attached hydrogens (tertiary/aromatic N) is 1. The predicted octanol–water partition coefficient (Wildman–Crippen LogP) is 5.88. The van der Waals surface area contributed by atoms with Gasteiger partial charge in [-0.25, -0.2) is 0 Å². The average Bonchev–Trinajstić information content (AvgIpc) is 2.58. The molecule has 26 heavy (non-hydrogen) atoms. The lowest BCUT2D eigenvalue weighted by molar-refractivity contribution is -0.665. The van der Waals surface area contributed by atoms with Crippen LogP contribution in [0.2, 0.25) is 0 Å². The van der Waals surface area contributed by atoms with Gasteiger partial charge in [0, 0.05) is 18.4 Å². The second kappa shape index (κ2) is 5.19. The Labute approximate surface area is 159 Å². The van der Waals surface area contributed by atoms with Gasteiger partial charge in [-0.2, -0.15) is 4.57 Å². The van der Waals surface area contributed by atoms with Crippen LogP contribution in [0.25, 0.3) is 22.0 Å². The van der Waals surface area contributed by atoms with Crippen molar-refractivity contribution in [3.8, 4) is 11.3 Å². The van der Waals surface area contributed by atoms with Gasteiger partial charge in [-0.1, -0.05) is 65.0 Å². The van der Waals surface area contributed by atoms with Crippen molar-refractivity contribution in [3.63, 3.8) is 0 Å². The van der Waals surface area contributed by atoms with Crippen molar-refractivity contribution >= 4 is 10.8 Å². The smallest absolute Gasteiger partial charge is 0.198 e. The van der Waals surface area contributed by atoms with Crippen LogP contribution in [-0.4, -0.2) is 0 Å². The summed E-state index contributed by atoms with van der Waals surface area (Å²) in [6.07, 6.45) is 0. The van der Waals surface area contributed by atoms with Crippen LogP contribution < -0.4 is 4.57 Å². The highest BCUT2D eigenvalue weighted by Gasteiger charge is 2.39. The summed E-state index contributed by atoms with van der Waals surface area (Å²) in [5.74, 6) is 0. The fourth-order valence-electron chi connectivity index (χ4n) is 4.48. The third-order valence-electron chi connectivity index (χ3n) is 6.25. The lowest BCUT2D eigenvalue weighted by atomic mass is 9.67. The molecule has 0 radical (unpaired) electrons. The van der Waals surface area contributed by atoms with Crippen LogP contribution in [0, 0.1) is 13.8 Å². The molecule has 0 aliphatic heterocycles. The number of fused-ring (bicyclic) bond motifs is 2. The summed E-state index contributed by atoms with van der Waals surface area (Å²) in [5, 5.41) is 2.35. The topological polar surface area (TPSA) is 3.88 Å². The van der Waals surface area contributed by atoms with E-state index < -0.39 is 0 Å². The summed E-state index contributed by atoms with van der Waals surface area (Å²) >= 11 is 0. The first-order valence-electron chi connectivity index (χ1n) is 10.0. The number of rotatable bonds is 0. The van der Waals surface area contributed by atoms with E-state index in [9.17, 15) is 0 Å². The van der Waals surface area contributed by atoms with Gasteiger partial charge in [0.1, 0.15) is 7.05 Å². The van der Waals surface area contributed by atoms with Gasteiger partial charge >= 0.3 is 0 Å². The van der Waals surface area contributed by atoms with Crippen LogP contribution >= 0.6 is 0 Å². The van der Waals surface area contributed by atoms with Gasteiger partial charge in [-0.15, -0.1) is 0 Å². The fraction of sp³-hybridized carbons (Fsp3) is 0.400. The van der Waals surface area contributed by atoms with E-state index in [1.807, 2.05) is 0 Å². The molecule has 0 spiro atoms. The van der Waals surface area contributed by atoms with Crippen molar-refractivity contribution in [2.24, 2.45) is 7.05 Å². The van der Waals surface area contributed by atoms with E-state index in [0.29, 0.717) is 6.04 Å². The van der Waals surface area contributed by atoms with Crippen molar-refractivity contribution in [2.45, 2.75) is 59.3 Å². The molecule has 1 aliphatic carbocycles. The molecule has 0 saturated heterocycles. The highest BCUT2D eigenvalue weighted by atomic mass is 14.9. The SMILES string of the molecule is [2H]c1c(C)[n+](C)c2c3c(cc(C(C)(C)C)cc13)C(C)(C)c1cccc(C)c1-2. The molecule has 134 valence electrons. The van der Waals surface area contributed by atoms with Crippen LogP contribution in [0.15, 0.2) is 36.4 Å². The zero-order valence-corrected chi connectivity index (χ0v) is 17.3. The Morgan fingerprint density at radius 1 is 1.04 bits per heavy atom. The first-order valence-corrected chi connectivity index (χ1v) is 9.54. The molecule has 0 bridgehead atoms. The van der Waals surface area contributed by atoms with Crippen LogP contribution in [0.1, 0.15) is 63.9 Å². The molecule has 0 atom stereocenters. The first kappa shape index (κ1) is 16.1. The third-order valence-corrected chi connectivity index (χ3v) is 6.25. The van der Waals surface area contributed by atoms with Gasteiger partial charge in [0.15, 0.2) is 5.69 Å². The Bertz CT molecular complexity index is 1110. The Morgan fingerprint density at radius 3 is 2.38 bits per heavy atom. The van der Waals surface area contributed by atoms with Crippen LogP contribution in [0.4, 0.5) is 0 Å². The summed E-state index contributed by atoms with van der Waals surface area (Å²) in [5.41, 5.74) is 8.92. The molecule has 1 heterocycles. The highest BCUT2D eigenvalue weighted by molar-refractivity contribution is 6.01. The van der Waals surface area contributed by atoms with Crippen molar-refractivity contribution in [1.82, 2.24) is 0 Å². The van der Waals surface area contributed by atoms with E-state index in [0.717, 1.165) is 11.1 Å². The molecule has 1 aliphatic rings. The molecule has 1 heteroatoms. The highest BCUT2D eigenvalue weighted by Crippen LogP contribution is 2.49. The van der Waals surface area contributed by atoms with E-state index in [2.05, 4.69) is 90.4 Å². The number of aromatic nitrogens is 1. The lowest BCUT2D eigenvalue weighted by Crippen LogP contribution is -2.39. The molecule has 1 nitrogen and oxygen atoms in total. The van der Waals surface area contributed by atoms with Crippen molar-refractivity contribution < 1.29 is 5.94 Å². The first-order chi connectivity index (χ1) is 12.5. The Hall–Kier alpha value is -2.15. The van der Waals surface area contributed by atoms with Crippen molar-refractivity contribution in [2.75, 3.05) is 0 Å². The van der Waals surface area contributed by atoms with Gasteiger partial charge in [-0.3, -0.25) is 0 Å². The average molecular weight is 346 g/mol. The van der Waals surface area contributed by atoms with E-state index in [1.54, 1.807) is 0 Å². The summed E-state index contributed by atoms with van der Waals surface area (Å²) < 4.78 is 11.1. The lowest BCUT2D eigenvalue weighted by Gasteiger charge is -2.35. The molecule has 1 aromatic heterocycles. The molecular formula is C25H30N+. The molecular weight excluding hydrogens is 314 g/mol. The third kappa shape index (κ3) is 2.19. The maximum absolute atomic E-state index is 8.87. The number of aryl methyl sites for hydroxylation is 1. The van der Waals surface area contributed by atoms with Crippen LogP contribution in [0.3, 0.4) is 0 Å². The van der Waals surface area contributed by atoms with E-state index >= 15 is 0 Å². The van der Waals surface area contributed by atoms with Crippen LogP contribution in [-0.2, 0) is 17.9 Å². The van der Waals surface area contributed by atoms with E-state index in [4.69, 9.17) is 1.37 Å². The number of benzene rings is 2. The largest absolute Gasteiger partial charge is 0.221 e. The second-order valence-corrected chi connectivity index (χ2v) is 9.44. The van der Waals surface area contributed by atoms with Gasteiger partial charge in [0.2, 0.25) is 5.69 Å². The van der Waals surface area contributed by atoms with Gasteiger partial charge in [-0.05, 0) is 40.0 Å². The van der Waals surface area contributed by atoms with Gasteiger partial charge in [0.25, 0.3) is 0 Å². The minimum Gasteiger partial charge on any atom is -0.198 e. The summed E-state index contributed by atoms with van der Waals surface area (Å²) in [6.45, 7) is 15.7. The number of hydrogen-bond donors (Lipinski definition) is 0. The molecule has 0 amide bonds. The normalized spacial score (nSPS) is 15.8. The zero-order valence-electron chi connectivity index (χ0n) is 18.3. The second-order valence-electron chi connectivity index (χ2n) is 9.44. The molecule has 0 saturated carbocycles. The summed E-state index contributed by atoms with van der Waals surface area (Å²) in [7, 11) is 2.11. The Morgan fingerprint density at radius 2 is 1.73 bits per heavy atom. The van der Waals surface area contributed by atoms with E-state index in [-0.39, 0.29) is 10.8 Å². The minimum absolute atomic E-state index is 0.0478. The fourth-order valence-corrected chi connectivity index (χ4v) is 4.48. The van der Waals surface area contributed by atoms with Crippen molar-refractivity contribution in [1.29, 1.82) is 0 Å². The molecule has 4 rings (SSSR count).